The van der Waals surface area contributed by atoms with Crippen LogP contribution >= 0.6 is 0 Å². The number of likely N-dealkylation sites (tertiary alicyclic amines) is 1. The predicted molar refractivity (Wildman–Crippen MR) is 128 cm³/mol. The van der Waals surface area contributed by atoms with E-state index in [4.69, 9.17) is 0 Å². The quantitative estimate of drug-likeness (QED) is 0.774. The molecule has 2 aromatic carbocycles. The van der Waals surface area contributed by atoms with E-state index in [1.54, 1.807) is 0 Å². The monoisotopic (exact) mass is 434 g/mol. The number of urea groups is 1. The highest BCUT2D eigenvalue weighted by Gasteiger charge is 2.28. The molecule has 6 heteroatoms. The number of hydrogen-bond donors (Lipinski definition) is 1. The van der Waals surface area contributed by atoms with Crippen molar-refractivity contribution in [1.82, 2.24) is 14.7 Å². The number of benzene rings is 2. The van der Waals surface area contributed by atoms with Gasteiger partial charge in [0.25, 0.3) is 5.91 Å². The smallest absolute Gasteiger partial charge is 0.322 e. The molecule has 32 heavy (non-hydrogen) atoms. The molecule has 0 aliphatic carbocycles. The number of amides is 3. The first kappa shape index (κ1) is 22.3. The molecule has 2 heterocycles. The van der Waals surface area contributed by atoms with Gasteiger partial charge in [-0.05, 0) is 62.9 Å². The molecule has 1 N–H and O–H groups in total. The van der Waals surface area contributed by atoms with Crippen molar-refractivity contribution in [3.8, 4) is 0 Å². The van der Waals surface area contributed by atoms with E-state index in [0.717, 1.165) is 44.7 Å². The summed E-state index contributed by atoms with van der Waals surface area (Å²) in [5.74, 6) is 0.0817. The second-order valence-corrected chi connectivity index (χ2v) is 9.11. The molecule has 2 aliphatic rings. The average molecular weight is 435 g/mol. The number of piperidine rings is 1. The molecule has 4 rings (SSSR count). The molecule has 0 bridgehead atoms. The number of nitrogens with zero attached hydrogens (tertiary/aromatic N) is 3. The Hall–Kier alpha value is -2.86. The second kappa shape index (κ2) is 10.2. The van der Waals surface area contributed by atoms with Crippen LogP contribution in [0.1, 0.15) is 49.0 Å². The molecule has 2 aliphatic heterocycles. The normalized spacial score (nSPS) is 21.9. The fourth-order valence-electron chi connectivity index (χ4n) is 4.78. The van der Waals surface area contributed by atoms with Crippen molar-refractivity contribution in [2.75, 3.05) is 31.5 Å². The van der Waals surface area contributed by atoms with Crippen LogP contribution in [-0.2, 0) is 6.54 Å². The third kappa shape index (κ3) is 5.30. The van der Waals surface area contributed by atoms with Gasteiger partial charge in [0.1, 0.15) is 0 Å². The zero-order valence-electron chi connectivity index (χ0n) is 19.2. The lowest BCUT2D eigenvalue weighted by atomic mass is 10.0. The highest BCUT2D eigenvalue weighted by Crippen LogP contribution is 2.21. The van der Waals surface area contributed by atoms with Crippen molar-refractivity contribution in [1.29, 1.82) is 0 Å². The molecule has 3 amide bonds. The number of anilines is 1. The van der Waals surface area contributed by atoms with Crippen LogP contribution < -0.4 is 5.32 Å². The third-order valence-corrected chi connectivity index (χ3v) is 6.67. The molecule has 0 radical (unpaired) electrons. The second-order valence-electron chi connectivity index (χ2n) is 9.11. The molecule has 2 atom stereocenters. The van der Waals surface area contributed by atoms with E-state index in [1.807, 2.05) is 40.1 Å². The van der Waals surface area contributed by atoms with Gasteiger partial charge in [-0.15, -0.1) is 0 Å². The molecular formula is C26H34N4O2. The van der Waals surface area contributed by atoms with Crippen LogP contribution in [0.2, 0.25) is 0 Å². The first-order valence-electron chi connectivity index (χ1n) is 11.8. The Morgan fingerprint density at radius 1 is 0.875 bits per heavy atom. The fourth-order valence-corrected chi connectivity index (χ4v) is 4.78. The largest absolute Gasteiger partial charge is 0.336 e. The van der Waals surface area contributed by atoms with Crippen molar-refractivity contribution in [2.45, 2.75) is 51.7 Å². The highest BCUT2D eigenvalue weighted by atomic mass is 16.2. The number of carbonyl (C=O) groups excluding carboxylic acids is 2. The summed E-state index contributed by atoms with van der Waals surface area (Å²) in [6.45, 7) is 8.35. The van der Waals surface area contributed by atoms with Gasteiger partial charge in [-0.1, -0.05) is 30.3 Å². The van der Waals surface area contributed by atoms with Crippen molar-refractivity contribution in [2.24, 2.45) is 0 Å². The lowest BCUT2D eigenvalue weighted by Crippen LogP contribution is -2.54. The molecule has 2 unspecified atom stereocenters. The number of rotatable bonds is 4. The Morgan fingerprint density at radius 2 is 1.62 bits per heavy atom. The molecule has 170 valence electrons. The zero-order chi connectivity index (χ0) is 22.5. The topological polar surface area (TPSA) is 55.9 Å². The van der Waals surface area contributed by atoms with Gasteiger partial charge in [0.05, 0.1) is 0 Å². The van der Waals surface area contributed by atoms with Crippen LogP contribution in [0, 0.1) is 0 Å². The lowest BCUT2D eigenvalue weighted by molar-refractivity contribution is 0.0635. The van der Waals surface area contributed by atoms with Crippen LogP contribution in [0.4, 0.5) is 10.5 Å². The van der Waals surface area contributed by atoms with E-state index in [0.29, 0.717) is 12.1 Å². The van der Waals surface area contributed by atoms with Crippen LogP contribution in [0.5, 0.6) is 0 Å². The molecule has 0 saturated carbocycles. The fraction of sp³-hybridized carbons (Fsp3) is 0.462. The maximum Gasteiger partial charge on any atom is 0.322 e. The van der Waals surface area contributed by atoms with E-state index in [9.17, 15) is 9.59 Å². The maximum absolute atomic E-state index is 12.9. The maximum atomic E-state index is 12.9. The van der Waals surface area contributed by atoms with Crippen molar-refractivity contribution in [3.05, 3.63) is 65.7 Å². The van der Waals surface area contributed by atoms with Crippen molar-refractivity contribution >= 4 is 17.6 Å². The van der Waals surface area contributed by atoms with Crippen LogP contribution in [0.3, 0.4) is 0 Å². The predicted octanol–water partition coefficient (Wildman–Crippen LogP) is 4.44. The van der Waals surface area contributed by atoms with E-state index in [2.05, 4.69) is 48.3 Å². The summed E-state index contributed by atoms with van der Waals surface area (Å²) >= 11 is 0. The van der Waals surface area contributed by atoms with Crippen LogP contribution in [-0.4, -0.2) is 64.9 Å². The number of hydrogen-bond acceptors (Lipinski definition) is 3. The van der Waals surface area contributed by atoms with Crippen molar-refractivity contribution in [3.63, 3.8) is 0 Å². The minimum absolute atomic E-state index is 0.0817. The first-order valence-corrected chi connectivity index (χ1v) is 11.8. The SMILES string of the molecule is CC1CN(Cc2ccccc2)CCN1C(=O)Nc1ccc(C(=O)N2CCCCC2C)cc1. The number of nitrogens with one attached hydrogen (secondary N) is 1. The van der Waals surface area contributed by atoms with Gasteiger partial charge in [-0.25, -0.2) is 4.79 Å². The van der Waals surface area contributed by atoms with Gasteiger partial charge < -0.3 is 15.1 Å². The van der Waals surface area contributed by atoms with E-state index < -0.39 is 0 Å². The van der Waals surface area contributed by atoms with Gasteiger partial charge >= 0.3 is 6.03 Å². The minimum atomic E-state index is -0.0828. The summed E-state index contributed by atoms with van der Waals surface area (Å²) in [7, 11) is 0. The molecule has 6 nitrogen and oxygen atoms in total. The van der Waals surface area contributed by atoms with Gasteiger partial charge in [-0.3, -0.25) is 9.69 Å². The highest BCUT2D eigenvalue weighted by molar-refractivity contribution is 5.95. The lowest BCUT2D eigenvalue weighted by Gasteiger charge is -2.39. The van der Waals surface area contributed by atoms with Gasteiger partial charge in [0.2, 0.25) is 0 Å². The summed E-state index contributed by atoms with van der Waals surface area (Å²) in [6, 6.07) is 18.1. The third-order valence-electron chi connectivity index (χ3n) is 6.67. The first-order chi connectivity index (χ1) is 15.5. The van der Waals surface area contributed by atoms with E-state index in [1.165, 1.54) is 12.0 Å². The summed E-state index contributed by atoms with van der Waals surface area (Å²) in [6.07, 6.45) is 3.33. The molecule has 2 aromatic rings. The zero-order valence-corrected chi connectivity index (χ0v) is 19.2. The molecular weight excluding hydrogens is 400 g/mol. The molecule has 0 aromatic heterocycles. The summed E-state index contributed by atoms with van der Waals surface area (Å²) in [4.78, 5) is 32.0. The van der Waals surface area contributed by atoms with Crippen LogP contribution in [0.25, 0.3) is 0 Å². The Labute approximate surface area is 191 Å². The Bertz CT molecular complexity index is 915. The van der Waals surface area contributed by atoms with Crippen molar-refractivity contribution < 1.29 is 9.59 Å². The minimum Gasteiger partial charge on any atom is -0.336 e. The van der Waals surface area contributed by atoms with Gasteiger partial charge in [-0.2, -0.15) is 0 Å². The molecule has 0 spiro atoms. The molecule has 2 saturated heterocycles. The number of carbonyl (C=O) groups is 2. The number of piperazine rings is 1. The average Bonchev–Trinajstić information content (AvgIpc) is 2.80. The Kier molecular flexibility index (Phi) is 7.10. The van der Waals surface area contributed by atoms with E-state index >= 15 is 0 Å². The Balaban J connectivity index is 1.30. The van der Waals surface area contributed by atoms with Crippen LogP contribution in [0.15, 0.2) is 54.6 Å². The van der Waals surface area contributed by atoms with Gasteiger partial charge in [0, 0.05) is 56.1 Å². The van der Waals surface area contributed by atoms with Gasteiger partial charge in [0.15, 0.2) is 0 Å². The summed E-state index contributed by atoms with van der Waals surface area (Å²) in [5, 5.41) is 3.00. The Morgan fingerprint density at radius 3 is 2.31 bits per heavy atom. The standard InChI is InChI=1S/C26H34N4O2/c1-20-8-6-7-15-29(20)25(31)23-11-13-24(14-12-23)27-26(32)30-17-16-28(18-21(30)2)19-22-9-4-3-5-10-22/h3-5,9-14,20-21H,6-8,15-19H2,1-2H3,(H,27,32). The summed E-state index contributed by atoms with van der Waals surface area (Å²) in [5.41, 5.74) is 2.70. The summed E-state index contributed by atoms with van der Waals surface area (Å²) < 4.78 is 0. The van der Waals surface area contributed by atoms with E-state index in [-0.39, 0.29) is 24.0 Å². The molecule has 2 fully saturated rings.